The van der Waals surface area contributed by atoms with Crippen molar-refractivity contribution in [1.82, 2.24) is 4.98 Å². The number of quaternary nitrogens is 1. The van der Waals surface area contributed by atoms with Crippen LogP contribution in [0.2, 0.25) is 0 Å². The van der Waals surface area contributed by atoms with Crippen LogP contribution in [0.3, 0.4) is 0 Å². The van der Waals surface area contributed by atoms with Gasteiger partial charge in [-0.25, -0.2) is 0 Å². The van der Waals surface area contributed by atoms with E-state index in [1.165, 1.54) is 0 Å². The maximum Gasteiger partial charge on any atom is 0.279 e. The van der Waals surface area contributed by atoms with E-state index in [4.69, 9.17) is 0 Å². The number of fused-ring (bicyclic) bond motifs is 4. The lowest BCUT2D eigenvalue weighted by molar-refractivity contribution is -0.966. The number of anilines is 1. The van der Waals surface area contributed by atoms with E-state index < -0.39 is 6.10 Å². The molecule has 2 N–H and O–H groups in total. The van der Waals surface area contributed by atoms with Gasteiger partial charge in [-0.05, 0) is 35.7 Å². The van der Waals surface area contributed by atoms with Crippen LogP contribution in [-0.2, 0) is 4.79 Å². The molecule has 3 fully saturated rings. The number of para-hydroxylation sites is 2. The Kier molecular flexibility index (Phi) is 6.98. The molecule has 172 valence electrons. The molecule has 6 rings (SSSR count). The molecule has 1 aromatic heterocycles. The normalized spacial score (nSPS) is 26.9. The van der Waals surface area contributed by atoms with Gasteiger partial charge < -0.3 is 31.9 Å². The number of aliphatic hydroxyl groups is 1. The fourth-order valence-electron chi connectivity index (χ4n) is 5.97. The van der Waals surface area contributed by atoms with Crippen molar-refractivity contribution in [3.8, 4) is 0 Å². The quantitative estimate of drug-likeness (QED) is 0.390. The molecule has 3 aliphatic rings. The third kappa shape index (κ3) is 4.47. The lowest BCUT2D eigenvalue weighted by Crippen LogP contribution is -3.00. The standard InChI is InChI=1S/C27H29N3O2.BrH/c1-2-19-17-30(18-26(31)29-21-8-4-3-5-9-21)15-13-20(19)16-25(30)27(32)23-12-14-28-24-11-7-6-10-22(23)24;/h2-12,14,19-20,25,27,32H,1,13,15-18H2;1H/t19?,20?,25?,27?,30-;/m0./s1. The Hall–Kier alpha value is -2.54. The van der Waals surface area contributed by atoms with Crippen molar-refractivity contribution in [1.29, 1.82) is 0 Å². The number of carbonyl (C=O) groups is 1. The number of carbonyl (C=O) groups excluding carboxylic acids is 1. The predicted octanol–water partition coefficient (Wildman–Crippen LogP) is 1.32. The van der Waals surface area contributed by atoms with Crippen molar-refractivity contribution in [2.24, 2.45) is 11.8 Å². The van der Waals surface area contributed by atoms with Crippen molar-refractivity contribution < 1.29 is 31.4 Å². The van der Waals surface area contributed by atoms with Crippen LogP contribution in [0.1, 0.15) is 24.5 Å². The molecule has 2 aromatic carbocycles. The number of nitrogens with one attached hydrogen (secondary N) is 1. The number of rotatable bonds is 6. The van der Waals surface area contributed by atoms with E-state index in [0.717, 1.165) is 48.1 Å². The summed E-state index contributed by atoms with van der Waals surface area (Å²) in [6.45, 7) is 6.18. The molecular formula is C27H30BrN3O2. The number of pyridine rings is 1. The van der Waals surface area contributed by atoms with Crippen molar-refractivity contribution >= 4 is 22.5 Å². The van der Waals surface area contributed by atoms with Crippen LogP contribution < -0.4 is 22.3 Å². The summed E-state index contributed by atoms with van der Waals surface area (Å²) < 4.78 is 0.601. The average molecular weight is 508 g/mol. The molecule has 4 unspecified atom stereocenters. The lowest BCUT2D eigenvalue weighted by atomic mass is 9.71. The van der Waals surface area contributed by atoms with Gasteiger partial charge in [-0.3, -0.25) is 9.78 Å². The van der Waals surface area contributed by atoms with Crippen molar-refractivity contribution in [3.05, 3.63) is 85.1 Å². The van der Waals surface area contributed by atoms with Crippen LogP contribution in [0.5, 0.6) is 0 Å². The molecule has 0 radical (unpaired) electrons. The first-order valence-electron chi connectivity index (χ1n) is 11.4. The summed E-state index contributed by atoms with van der Waals surface area (Å²) in [5.41, 5.74) is 2.60. The third-order valence-electron chi connectivity index (χ3n) is 7.56. The highest BCUT2D eigenvalue weighted by molar-refractivity contribution is 5.91. The van der Waals surface area contributed by atoms with Crippen molar-refractivity contribution in [2.45, 2.75) is 25.0 Å². The minimum atomic E-state index is -0.652. The Bertz CT molecular complexity index is 1130. The third-order valence-corrected chi connectivity index (χ3v) is 7.56. The molecule has 3 aliphatic heterocycles. The van der Waals surface area contributed by atoms with Crippen molar-refractivity contribution in [3.63, 3.8) is 0 Å². The molecule has 3 aromatic rings. The Balaban J connectivity index is 0.00000259. The minimum absolute atomic E-state index is 0. The number of aliphatic hydroxyl groups excluding tert-OH is 1. The molecule has 0 saturated carbocycles. The molecule has 0 spiro atoms. The van der Waals surface area contributed by atoms with Gasteiger partial charge in [0.15, 0.2) is 6.54 Å². The molecule has 5 atom stereocenters. The summed E-state index contributed by atoms with van der Waals surface area (Å²) in [5.74, 6) is 0.888. The Morgan fingerprint density at radius 1 is 1.18 bits per heavy atom. The monoisotopic (exact) mass is 507 g/mol. The number of benzene rings is 2. The fraction of sp³-hybridized carbons (Fsp3) is 0.333. The number of halogens is 1. The first kappa shape index (κ1) is 23.6. The van der Waals surface area contributed by atoms with Gasteiger partial charge in [0.2, 0.25) is 0 Å². The first-order valence-corrected chi connectivity index (χ1v) is 11.4. The summed E-state index contributed by atoms with van der Waals surface area (Å²) >= 11 is 0. The first-order chi connectivity index (χ1) is 15.6. The van der Waals surface area contributed by atoms with Gasteiger partial charge in [0.25, 0.3) is 5.91 Å². The second-order valence-corrected chi connectivity index (χ2v) is 9.31. The number of nitrogens with zero attached hydrogens (tertiary/aromatic N) is 2. The maximum absolute atomic E-state index is 13.1. The predicted molar refractivity (Wildman–Crippen MR) is 127 cm³/mol. The average Bonchev–Trinajstić information content (AvgIpc) is 2.83. The highest BCUT2D eigenvalue weighted by Crippen LogP contribution is 2.46. The van der Waals surface area contributed by atoms with Crippen LogP contribution in [0.25, 0.3) is 10.9 Å². The summed E-state index contributed by atoms with van der Waals surface area (Å²) in [6.07, 6.45) is 5.14. The Morgan fingerprint density at radius 3 is 2.73 bits per heavy atom. The Labute approximate surface area is 205 Å². The van der Waals surface area contributed by atoms with Gasteiger partial charge in [0.05, 0.1) is 18.6 Å². The topological polar surface area (TPSA) is 62.2 Å². The van der Waals surface area contributed by atoms with E-state index in [2.05, 4.69) is 23.0 Å². The molecule has 0 aliphatic carbocycles. The number of aromatic nitrogens is 1. The molecule has 6 heteroatoms. The van der Waals surface area contributed by atoms with E-state index in [9.17, 15) is 9.90 Å². The summed E-state index contributed by atoms with van der Waals surface area (Å²) in [4.78, 5) is 17.6. The molecule has 5 nitrogen and oxygen atoms in total. The summed E-state index contributed by atoms with van der Waals surface area (Å²) in [6, 6.07) is 19.4. The summed E-state index contributed by atoms with van der Waals surface area (Å²) in [7, 11) is 0. The number of hydrogen-bond acceptors (Lipinski definition) is 3. The van der Waals surface area contributed by atoms with E-state index in [0.29, 0.717) is 22.9 Å². The van der Waals surface area contributed by atoms with E-state index in [1.807, 2.05) is 60.7 Å². The second kappa shape index (κ2) is 9.75. The van der Waals surface area contributed by atoms with E-state index in [1.54, 1.807) is 6.20 Å². The van der Waals surface area contributed by atoms with E-state index in [-0.39, 0.29) is 28.9 Å². The van der Waals surface area contributed by atoms with Gasteiger partial charge in [-0.15, -0.1) is 6.58 Å². The smallest absolute Gasteiger partial charge is 0.279 e. The largest absolute Gasteiger partial charge is 1.00 e. The molecule has 1 amide bonds. The summed E-state index contributed by atoms with van der Waals surface area (Å²) in [5, 5.41) is 15.7. The van der Waals surface area contributed by atoms with Crippen LogP contribution in [0.4, 0.5) is 5.69 Å². The zero-order valence-corrected chi connectivity index (χ0v) is 20.2. The minimum Gasteiger partial charge on any atom is -1.00 e. The van der Waals surface area contributed by atoms with Crippen LogP contribution in [0.15, 0.2) is 79.5 Å². The van der Waals surface area contributed by atoms with Crippen LogP contribution >= 0.6 is 0 Å². The van der Waals surface area contributed by atoms with E-state index >= 15 is 0 Å². The maximum atomic E-state index is 13.1. The number of amides is 1. The highest BCUT2D eigenvalue weighted by atomic mass is 79.9. The SMILES string of the molecule is C=CC1C[N@+]2(CC(=O)Nc3ccccc3)CCC1CC2C(O)c1ccnc2ccccc12.[Br-]. The fourth-order valence-corrected chi connectivity index (χ4v) is 5.97. The Morgan fingerprint density at radius 2 is 1.94 bits per heavy atom. The molecule has 2 bridgehead atoms. The van der Waals surface area contributed by atoms with Gasteiger partial charge in [-0.1, -0.05) is 42.5 Å². The van der Waals surface area contributed by atoms with Gasteiger partial charge >= 0.3 is 0 Å². The van der Waals surface area contributed by atoms with Crippen LogP contribution in [-0.4, -0.2) is 46.2 Å². The van der Waals surface area contributed by atoms with Crippen molar-refractivity contribution in [2.75, 3.05) is 25.0 Å². The molecule has 4 heterocycles. The number of hydrogen-bond donors (Lipinski definition) is 2. The van der Waals surface area contributed by atoms with Crippen LogP contribution in [0, 0.1) is 11.8 Å². The lowest BCUT2D eigenvalue weighted by Gasteiger charge is -2.57. The molecule has 3 saturated heterocycles. The van der Waals surface area contributed by atoms with Gasteiger partial charge in [-0.2, -0.15) is 0 Å². The molecule has 33 heavy (non-hydrogen) atoms. The zero-order chi connectivity index (χ0) is 22.1. The zero-order valence-electron chi connectivity index (χ0n) is 18.6. The van der Waals surface area contributed by atoms with Gasteiger partial charge in [0, 0.05) is 36.0 Å². The molecular weight excluding hydrogens is 478 g/mol. The number of piperidine rings is 3. The second-order valence-electron chi connectivity index (χ2n) is 9.31. The highest BCUT2D eigenvalue weighted by Gasteiger charge is 2.54. The van der Waals surface area contributed by atoms with Gasteiger partial charge in [0.1, 0.15) is 12.1 Å².